The molecule has 0 saturated carbocycles. The third-order valence-corrected chi connectivity index (χ3v) is 2.54. The molecular formula is C13H23N5O2. The maximum atomic E-state index is 11.9. The molecule has 0 aliphatic heterocycles. The third kappa shape index (κ3) is 6.44. The van der Waals surface area contributed by atoms with Crippen molar-refractivity contribution in [2.24, 2.45) is 0 Å². The van der Waals surface area contributed by atoms with Gasteiger partial charge in [-0.15, -0.1) is 0 Å². The van der Waals surface area contributed by atoms with E-state index in [4.69, 9.17) is 4.74 Å². The second-order valence-electron chi connectivity index (χ2n) is 4.60. The van der Waals surface area contributed by atoms with E-state index < -0.39 is 0 Å². The number of methoxy groups -OCH3 is 1. The van der Waals surface area contributed by atoms with Crippen LogP contribution in [0.4, 0.5) is 5.95 Å². The van der Waals surface area contributed by atoms with Crippen LogP contribution in [0.5, 0.6) is 0 Å². The molecule has 7 nitrogen and oxygen atoms in total. The van der Waals surface area contributed by atoms with E-state index in [2.05, 4.69) is 20.6 Å². The summed E-state index contributed by atoms with van der Waals surface area (Å²) in [5, 5.41) is 5.87. The number of amides is 1. The van der Waals surface area contributed by atoms with E-state index in [9.17, 15) is 4.79 Å². The Hall–Kier alpha value is -1.73. The number of anilines is 1. The van der Waals surface area contributed by atoms with Crippen molar-refractivity contribution in [2.75, 3.05) is 52.8 Å². The summed E-state index contributed by atoms with van der Waals surface area (Å²) in [5.74, 6) is 0.274. The highest BCUT2D eigenvalue weighted by Gasteiger charge is 2.08. The minimum absolute atomic E-state index is 0.186. The van der Waals surface area contributed by atoms with Gasteiger partial charge in [-0.3, -0.25) is 4.79 Å². The summed E-state index contributed by atoms with van der Waals surface area (Å²) in [7, 11) is 5.58. The van der Waals surface area contributed by atoms with E-state index in [0.29, 0.717) is 31.3 Å². The van der Waals surface area contributed by atoms with Crippen LogP contribution in [-0.2, 0) is 4.74 Å². The van der Waals surface area contributed by atoms with Crippen molar-refractivity contribution in [3.63, 3.8) is 0 Å². The lowest BCUT2D eigenvalue weighted by Gasteiger charge is -2.10. The largest absolute Gasteiger partial charge is 0.385 e. The van der Waals surface area contributed by atoms with Gasteiger partial charge in [0.25, 0.3) is 5.91 Å². The summed E-state index contributed by atoms with van der Waals surface area (Å²) >= 11 is 0. The molecule has 0 radical (unpaired) electrons. The fourth-order valence-corrected chi connectivity index (χ4v) is 1.47. The Bertz CT molecular complexity index is 412. The molecular weight excluding hydrogens is 258 g/mol. The molecule has 2 N–H and O–H groups in total. The van der Waals surface area contributed by atoms with E-state index >= 15 is 0 Å². The first kappa shape index (κ1) is 16.3. The fourth-order valence-electron chi connectivity index (χ4n) is 1.47. The first-order valence-corrected chi connectivity index (χ1v) is 6.62. The number of nitrogens with zero attached hydrogens (tertiary/aromatic N) is 3. The van der Waals surface area contributed by atoms with Gasteiger partial charge in [0, 0.05) is 39.5 Å². The van der Waals surface area contributed by atoms with Crippen LogP contribution >= 0.6 is 0 Å². The summed E-state index contributed by atoms with van der Waals surface area (Å²) in [4.78, 5) is 22.1. The Labute approximate surface area is 119 Å². The van der Waals surface area contributed by atoms with Gasteiger partial charge in [-0.05, 0) is 26.6 Å². The topological polar surface area (TPSA) is 79.4 Å². The minimum atomic E-state index is -0.186. The van der Waals surface area contributed by atoms with Crippen LogP contribution in [0.1, 0.15) is 16.9 Å². The molecule has 1 heterocycles. The van der Waals surface area contributed by atoms with Crippen molar-refractivity contribution in [1.82, 2.24) is 20.2 Å². The number of likely N-dealkylation sites (N-methyl/N-ethyl adjacent to an activating group) is 1. The normalized spacial score (nSPS) is 10.6. The van der Waals surface area contributed by atoms with E-state index in [-0.39, 0.29) is 5.91 Å². The monoisotopic (exact) mass is 281 g/mol. The predicted octanol–water partition coefficient (Wildman–Crippen LogP) is 0.216. The Morgan fingerprint density at radius 2 is 2.20 bits per heavy atom. The first-order valence-electron chi connectivity index (χ1n) is 6.62. The molecule has 1 amide bonds. The smallest absolute Gasteiger partial charge is 0.270 e. The van der Waals surface area contributed by atoms with Crippen molar-refractivity contribution in [3.05, 3.63) is 18.0 Å². The molecule has 0 bridgehead atoms. The maximum Gasteiger partial charge on any atom is 0.270 e. The molecule has 0 aliphatic carbocycles. The number of carbonyl (C=O) groups is 1. The summed E-state index contributed by atoms with van der Waals surface area (Å²) < 4.78 is 4.96. The zero-order chi connectivity index (χ0) is 14.8. The van der Waals surface area contributed by atoms with Crippen LogP contribution < -0.4 is 10.6 Å². The molecule has 112 valence electrons. The number of hydrogen-bond donors (Lipinski definition) is 2. The molecule has 0 unspecified atom stereocenters. The second kappa shape index (κ2) is 9.22. The maximum absolute atomic E-state index is 11.9. The Morgan fingerprint density at radius 1 is 1.40 bits per heavy atom. The Morgan fingerprint density at radius 3 is 2.90 bits per heavy atom. The minimum Gasteiger partial charge on any atom is -0.385 e. The third-order valence-electron chi connectivity index (χ3n) is 2.54. The van der Waals surface area contributed by atoms with Gasteiger partial charge in [0.15, 0.2) is 0 Å². The van der Waals surface area contributed by atoms with E-state index in [1.165, 1.54) is 0 Å². The van der Waals surface area contributed by atoms with Crippen molar-refractivity contribution in [1.29, 1.82) is 0 Å². The number of rotatable bonds is 9. The molecule has 0 aromatic carbocycles. The van der Waals surface area contributed by atoms with Crippen molar-refractivity contribution in [3.8, 4) is 0 Å². The van der Waals surface area contributed by atoms with Gasteiger partial charge in [-0.2, -0.15) is 0 Å². The fraction of sp³-hybridized carbons (Fsp3) is 0.615. The van der Waals surface area contributed by atoms with Crippen LogP contribution in [0.25, 0.3) is 0 Å². The van der Waals surface area contributed by atoms with Gasteiger partial charge in [-0.1, -0.05) is 0 Å². The van der Waals surface area contributed by atoms with Gasteiger partial charge in [0.1, 0.15) is 5.69 Å². The number of aromatic nitrogens is 2. The van der Waals surface area contributed by atoms with Crippen molar-refractivity contribution < 1.29 is 9.53 Å². The molecule has 0 atom stereocenters. The molecule has 1 rings (SSSR count). The van der Waals surface area contributed by atoms with Crippen LogP contribution in [0.2, 0.25) is 0 Å². The lowest BCUT2D eigenvalue weighted by molar-refractivity contribution is 0.0946. The highest BCUT2D eigenvalue weighted by Crippen LogP contribution is 2.00. The SMILES string of the molecule is COCCCNc1nccc(C(=O)NCCN(C)C)n1. The van der Waals surface area contributed by atoms with Crippen LogP contribution in [-0.4, -0.2) is 68.2 Å². The van der Waals surface area contributed by atoms with Crippen molar-refractivity contribution in [2.45, 2.75) is 6.42 Å². The first-order chi connectivity index (χ1) is 9.63. The molecule has 7 heteroatoms. The molecule has 1 aromatic rings. The van der Waals surface area contributed by atoms with Crippen molar-refractivity contribution >= 4 is 11.9 Å². The number of ether oxygens (including phenoxy) is 1. The highest BCUT2D eigenvalue weighted by atomic mass is 16.5. The Balaban J connectivity index is 2.43. The lowest BCUT2D eigenvalue weighted by Crippen LogP contribution is -2.32. The van der Waals surface area contributed by atoms with E-state index in [0.717, 1.165) is 13.0 Å². The van der Waals surface area contributed by atoms with E-state index in [1.807, 2.05) is 19.0 Å². The quantitative estimate of drug-likeness (QED) is 0.630. The molecule has 0 spiro atoms. The van der Waals surface area contributed by atoms with Crippen LogP contribution in [0.15, 0.2) is 12.3 Å². The highest BCUT2D eigenvalue weighted by molar-refractivity contribution is 5.92. The zero-order valence-electron chi connectivity index (χ0n) is 12.3. The second-order valence-corrected chi connectivity index (χ2v) is 4.60. The summed E-state index contributed by atoms with van der Waals surface area (Å²) in [6.45, 7) is 2.77. The summed E-state index contributed by atoms with van der Waals surface area (Å²) in [6, 6.07) is 1.60. The van der Waals surface area contributed by atoms with Gasteiger partial charge in [0.2, 0.25) is 5.95 Å². The molecule has 0 aliphatic rings. The van der Waals surface area contributed by atoms with Crippen LogP contribution in [0.3, 0.4) is 0 Å². The molecule has 0 saturated heterocycles. The molecule has 0 fully saturated rings. The summed E-state index contributed by atoms with van der Waals surface area (Å²) in [6.07, 6.45) is 2.44. The molecule has 1 aromatic heterocycles. The number of nitrogens with one attached hydrogen (secondary N) is 2. The van der Waals surface area contributed by atoms with E-state index in [1.54, 1.807) is 19.4 Å². The lowest BCUT2D eigenvalue weighted by atomic mass is 10.3. The van der Waals surface area contributed by atoms with Crippen LogP contribution in [0, 0.1) is 0 Å². The average molecular weight is 281 g/mol. The standard InChI is InChI=1S/C13H23N5O2/c1-18(2)9-8-14-12(19)11-5-7-16-13(17-11)15-6-4-10-20-3/h5,7H,4,6,8-10H2,1-3H3,(H,14,19)(H,15,16,17). The number of carbonyl (C=O) groups excluding carboxylic acids is 1. The number of hydrogen-bond acceptors (Lipinski definition) is 6. The van der Waals surface area contributed by atoms with Gasteiger partial charge >= 0.3 is 0 Å². The average Bonchev–Trinajstić information content (AvgIpc) is 2.43. The zero-order valence-corrected chi connectivity index (χ0v) is 12.3. The van der Waals surface area contributed by atoms with Gasteiger partial charge in [-0.25, -0.2) is 9.97 Å². The Kier molecular flexibility index (Phi) is 7.52. The summed E-state index contributed by atoms with van der Waals surface area (Å²) in [5.41, 5.74) is 0.369. The van der Waals surface area contributed by atoms with Gasteiger partial charge < -0.3 is 20.3 Å². The molecule has 20 heavy (non-hydrogen) atoms. The predicted molar refractivity (Wildman–Crippen MR) is 77.9 cm³/mol. The van der Waals surface area contributed by atoms with Gasteiger partial charge in [0.05, 0.1) is 0 Å².